The SMILES string of the molecule is CC/C=C\C/C=C\C/C=C\CCCCCCCCCC(=O)OC(CO)COP(=O)(O)OCC(COC(=O)CCCCCCC/C=C\C/C=C\CCC)OC(=O)CCCCCCCCC/C=C\C/C=C\C/C=C\CC. The second kappa shape index (κ2) is 55.6. The number of phosphoric acid groups is 1. The van der Waals surface area contributed by atoms with Crippen molar-refractivity contribution in [3.63, 3.8) is 0 Å². The van der Waals surface area contributed by atoms with Crippen LogP contribution in [0, 0.1) is 0 Å². The molecule has 74 heavy (non-hydrogen) atoms. The molecule has 12 heteroatoms. The topological polar surface area (TPSA) is 155 Å². The van der Waals surface area contributed by atoms with E-state index in [1.54, 1.807) is 0 Å². The first-order chi connectivity index (χ1) is 36.2. The smallest absolute Gasteiger partial charge is 0.462 e. The van der Waals surface area contributed by atoms with Crippen LogP contribution in [0.1, 0.15) is 239 Å². The van der Waals surface area contributed by atoms with Crippen LogP contribution in [0.15, 0.2) is 97.2 Å². The van der Waals surface area contributed by atoms with Crippen LogP contribution < -0.4 is 0 Å². The third-order valence-electron chi connectivity index (χ3n) is 12.0. The lowest BCUT2D eigenvalue weighted by Crippen LogP contribution is -2.30. The maximum Gasteiger partial charge on any atom is 0.472 e. The molecule has 424 valence electrons. The van der Waals surface area contributed by atoms with Gasteiger partial charge < -0.3 is 24.2 Å². The molecule has 0 aromatic heterocycles. The van der Waals surface area contributed by atoms with Gasteiger partial charge in [0, 0.05) is 19.3 Å². The van der Waals surface area contributed by atoms with Crippen LogP contribution in [0.4, 0.5) is 0 Å². The number of carbonyl (C=O) groups excluding carboxylic acids is 3. The Morgan fingerprint density at radius 3 is 1.08 bits per heavy atom. The lowest BCUT2D eigenvalue weighted by Gasteiger charge is -2.21. The molecule has 0 fully saturated rings. The van der Waals surface area contributed by atoms with E-state index in [0.29, 0.717) is 19.3 Å². The summed E-state index contributed by atoms with van der Waals surface area (Å²) in [4.78, 5) is 48.6. The van der Waals surface area contributed by atoms with Crippen LogP contribution in [0.5, 0.6) is 0 Å². The predicted molar refractivity (Wildman–Crippen MR) is 307 cm³/mol. The Morgan fingerprint density at radius 2 is 0.703 bits per heavy atom. The minimum absolute atomic E-state index is 0.149. The van der Waals surface area contributed by atoms with Crippen molar-refractivity contribution in [2.24, 2.45) is 0 Å². The quantitative estimate of drug-likeness (QED) is 0.0197. The van der Waals surface area contributed by atoms with E-state index in [4.69, 9.17) is 23.3 Å². The third-order valence-corrected chi connectivity index (χ3v) is 12.9. The van der Waals surface area contributed by atoms with E-state index < -0.39 is 57.8 Å². The third kappa shape index (κ3) is 53.2. The van der Waals surface area contributed by atoms with Gasteiger partial charge in [-0.15, -0.1) is 0 Å². The Hall–Kier alpha value is -3.60. The number of unbranched alkanes of at least 4 members (excludes halogenated alkanes) is 20. The molecule has 0 aliphatic rings. The van der Waals surface area contributed by atoms with Gasteiger partial charge in [0.25, 0.3) is 0 Å². The Kier molecular flexibility index (Phi) is 52.9. The van der Waals surface area contributed by atoms with Gasteiger partial charge in [0.2, 0.25) is 0 Å². The molecule has 0 radical (unpaired) electrons. The highest BCUT2D eigenvalue weighted by molar-refractivity contribution is 7.47. The molecule has 0 amide bonds. The molecule has 0 aromatic carbocycles. The summed E-state index contributed by atoms with van der Waals surface area (Å²) in [5.74, 6) is -1.51. The second-order valence-electron chi connectivity index (χ2n) is 19.0. The molecule has 0 heterocycles. The molecule has 0 bridgehead atoms. The molecule has 0 saturated heterocycles. The molecule has 0 rings (SSSR count). The van der Waals surface area contributed by atoms with Crippen LogP contribution in [0.2, 0.25) is 0 Å². The molecular weight excluding hydrogens is 952 g/mol. The van der Waals surface area contributed by atoms with Crippen molar-refractivity contribution in [2.45, 2.75) is 251 Å². The molecule has 0 saturated carbocycles. The average Bonchev–Trinajstić information content (AvgIpc) is 3.39. The van der Waals surface area contributed by atoms with E-state index in [9.17, 15) is 28.9 Å². The fourth-order valence-electron chi connectivity index (χ4n) is 7.60. The zero-order valence-corrected chi connectivity index (χ0v) is 47.7. The maximum atomic E-state index is 12.9. The monoisotopic (exact) mass is 1060 g/mol. The number of hydrogen-bond donors (Lipinski definition) is 2. The Morgan fingerprint density at radius 1 is 0.392 bits per heavy atom. The fraction of sp³-hybridized carbons (Fsp3) is 0.694. The standard InChI is InChI=1S/C62H105O11P/c1-4-7-10-13-16-19-22-25-27-29-31-34-37-40-43-46-49-52-61(65)72-58(54-63)56-70-74(67,68)71-57-59(55-69-60(64)51-48-45-42-39-36-33-24-21-18-15-12-9-6-3)73-62(66)53-50-47-44-41-38-35-32-30-28-26-23-20-17-14-11-8-5-2/h7-8,10-12,15-17,19-21,24-28,58-59,63H,4-6,9,13-14,18,22-23,29-57H2,1-3H3,(H,67,68)/b10-7-,11-8-,15-12-,19-16-,20-17-,24-21-,27-25-,28-26-. The molecule has 0 aliphatic heterocycles. The number of allylic oxidation sites excluding steroid dienone is 16. The summed E-state index contributed by atoms with van der Waals surface area (Å²) in [7, 11) is -4.76. The van der Waals surface area contributed by atoms with Crippen LogP contribution in [0.3, 0.4) is 0 Å². The first-order valence-corrected chi connectivity index (χ1v) is 30.6. The first-order valence-electron chi connectivity index (χ1n) is 29.1. The minimum atomic E-state index is -4.76. The zero-order chi connectivity index (χ0) is 54.1. The van der Waals surface area contributed by atoms with Gasteiger partial charge in [-0.1, -0.05) is 208 Å². The van der Waals surface area contributed by atoms with Gasteiger partial charge in [0.15, 0.2) is 6.10 Å². The first kappa shape index (κ1) is 70.4. The van der Waals surface area contributed by atoms with Crippen molar-refractivity contribution in [1.29, 1.82) is 0 Å². The number of rotatable bonds is 53. The van der Waals surface area contributed by atoms with Crippen LogP contribution in [0.25, 0.3) is 0 Å². The Balaban J connectivity index is 4.73. The number of aliphatic hydroxyl groups is 1. The summed E-state index contributed by atoms with van der Waals surface area (Å²) in [5, 5.41) is 9.82. The van der Waals surface area contributed by atoms with Crippen molar-refractivity contribution >= 4 is 25.7 Å². The minimum Gasteiger partial charge on any atom is -0.462 e. The van der Waals surface area contributed by atoms with Crippen molar-refractivity contribution in [3.8, 4) is 0 Å². The molecule has 2 N–H and O–H groups in total. The number of hydrogen-bond acceptors (Lipinski definition) is 10. The van der Waals surface area contributed by atoms with Crippen molar-refractivity contribution in [1.82, 2.24) is 0 Å². The van der Waals surface area contributed by atoms with Gasteiger partial charge in [-0.05, 0) is 109 Å². The Labute approximate surface area is 451 Å². The number of ether oxygens (including phenoxy) is 3. The summed E-state index contributed by atoms with van der Waals surface area (Å²) in [6.07, 6.45) is 65.0. The molecule has 11 nitrogen and oxygen atoms in total. The summed E-state index contributed by atoms with van der Waals surface area (Å²) < 4.78 is 39.5. The molecule has 0 spiro atoms. The zero-order valence-electron chi connectivity index (χ0n) is 46.8. The molecule has 3 atom stereocenters. The van der Waals surface area contributed by atoms with Crippen molar-refractivity contribution in [2.75, 3.05) is 26.4 Å². The van der Waals surface area contributed by atoms with Crippen LogP contribution >= 0.6 is 7.82 Å². The van der Waals surface area contributed by atoms with Crippen molar-refractivity contribution < 1.29 is 52.2 Å². The van der Waals surface area contributed by atoms with Crippen LogP contribution in [-0.2, 0) is 42.2 Å². The van der Waals surface area contributed by atoms with Gasteiger partial charge in [0.05, 0.1) is 19.8 Å². The van der Waals surface area contributed by atoms with E-state index >= 15 is 0 Å². The largest absolute Gasteiger partial charge is 0.472 e. The van der Waals surface area contributed by atoms with E-state index in [2.05, 4.69) is 118 Å². The maximum absolute atomic E-state index is 12.9. The average molecular weight is 1060 g/mol. The molecule has 0 aromatic rings. The number of aliphatic hydroxyl groups excluding tert-OH is 1. The van der Waals surface area contributed by atoms with Crippen molar-refractivity contribution in [3.05, 3.63) is 97.2 Å². The van der Waals surface area contributed by atoms with Gasteiger partial charge in [-0.25, -0.2) is 4.57 Å². The summed E-state index contributed by atoms with van der Waals surface area (Å²) in [6.45, 7) is 4.32. The normalized spacial score (nSPS) is 14.1. The highest BCUT2D eigenvalue weighted by atomic mass is 31.2. The lowest BCUT2D eigenvalue weighted by molar-refractivity contribution is -0.161. The molecule has 3 unspecified atom stereocenters. The van der Waals surface area contributed by atoms with Gasteiger partial charge >= 0.3 is 25.7 Å². The highest BCUT2D eigenvalue weighted by Gasteiger charge is 2.28. The van der Waals surface area contributed by atoms with E-state index in [1.807, 2.05) is 0 Å². The fourth-order valence-corrected chi connectivity index (χ4v) is 8.38. The van der Waals surface area contributed by atoms with Crippen LogP contribution in [-0.4, -0.2) is 66.5 Å². The van der Waals surface area contributed by atoms with E-state index in [-0.39, 0.29) is 25.9 Å². The van der Waals surface area contributed by atoms with Gasteiger partial charge in [-0.3, -0.25) is 23.4 Å². The second-order valence-corrected chi connectivity index (χ2v) is 20.5. The number of phosphoric ester groups is 1. The molecule has 0 aliphatic carbocycles. The number of carbonyl (C=O) groups is 3. The van der Waals surface area contributed by atoms with E-state index in [0.717, 1.165) is 154 Å². The Bertz CT molecular complexity index is 1610. The highest BCUT2D eigenvalue weighted by Crippen LogP contribution is 2.43. The summed E-state index contributed by atoms with van der Waals surface area (Å²) in [5.41, 5.74) is 0. The molecular formula is C62H105O11P. The van der Waals surface area contributed by atoms with E-state index in [1.165, 1.54) is 25.7 Å². The number of esters is 3. The predicted octanol–water partition coefficient (Wildman–Crippen LogP) is 17.3. The lowest BCUT2D eigenvalue weighted by atomic mass is 10.1. The van der Waals surface area contributed by atoms with Gasteiger partial charge in [-0.2, -0.15) is 0 Å². The summed E-state index contributed by atoms with van der Waals surface area (Å²) in [6, 6.07) is 0. The van der Waals surface area contributed by atoms with Gasteiger partial charge in [0.1, 0.15) is 12.7 Å². The summed E-state index contributed by atoms with van der Waals surface area (Å²) >= 11 is 0.